The van der Waals surface area contributed by atoms with Crippen molar-refractivity contribution in [1.82, 2.24) is 5.06 Å². The zero-order valence-corrected chi connectivity index (χ0v) is 7.25. The zero-order chi connectivity index (χ0) is 8.97. The van der Waals surface area contributed by atoms with Crippen molar-refractivity contribution in [3.05, 3.63) is 22.4 Å². The number of carbonyl (C=O) groups is 1. The number of thiophene rings is 1. The summed E-state index contributed by atoms with van der Waals surface area (Å²) < 4.78 is 0. The molecule has 66 valence electrons. The minimum absolute atomic E-state index is 0.246. The lowest BCUT2D eigenvalue weighted by atomic mass is 10.3. The van der Waals surface area contributed by atoms with E-state index in [9.17, 15) is 4.79 Å². The van der Waals surface area contributed by atoms with E-state index in [0.29, 0.717) is 11.5 Å². The van der Waals surface area contributed by atoms with Crippen LogP contribution in [0.1, 0.15) is 4.88 Å². The molecule has 0 aromatic carbocycles. The van der Waals surface area contributed by atoms with Crippen LogP contribution in [0.4, 0.5) is 4.79 Å². The van der Waals surface area contributed by atoms with Gasteiger partial charge in [0.1, 0.15) is 0 Å². The molecule has 1 rings (SSSR count). The highest BCUT2D eigenvalue weighted by Gasteiger charge is 2.04. The molecule has 0 aliphatic carbocycles. The van der Waals surface area contributed by atoms with Crippen LogP contribution in [-0.2, 0) is 6.42 Å². The van der Waals surface area contributed by atoms with E-state index in [1.165, 1.54) is 0 Å². The SMILES string of the molecule is NC(=O)N(O)CCc1cccs1. The van der Waals surface area contributed by atoms with Crippen LogP contribution >= 0.6 is 11.3 Å². The minimum atomic E-state index is -0.813. The van der Waals surface area contributed by atoms with Crippen LogP contribution in [-0.4, -0.2) is 22.8 Å². The highest BCUT2D eigenvalue weighted by atomic mass is 32.1. The third kappa shape index (κ3) is 2.52. The topological polar surface area (TPSA) is 66.6 Å². The summed E-state index contributed by atoms with van der Waals surface area (Å²) in [6, 6.07) is 3.05. The molecular formula is C7H10N2O2S. The van der Waals surface area contributed by atoms with Gasteiger partial charge in [0, 0.05) is 11.3 Å². The maximum absolute atomic E-state index is 10.4. The van der Waals surface area contributed by atoms with Crippen molar-refractivity contribution in [2.75, 3.05) is 6.54 Å². The molecule has 3 N–H and O–H groups in total. The van der Waals surface area contributed by atoms with E-state index >= 15 is 0 Å². The summed E-state index contributed by atoms with van der Waals surface area (Å²) in [5.41, 5.74) is 4.82. The van der Waals surface area contributed by atoms with Gasteiger partial charge in [-0.15, -0.1) is 11.3 Å². The summed E-state index contributed by atoms with van der Waals surface area (Å²) in [5, 5.41) is 11.3. The van der Waals surface area contributed by atoms with Crippen molar-refractivity contribution in [2.45, 2.75) is 6.42 Å². The Balaban J connectivity index is 2.31. The third-order valence-corrected chi connectivity index (χ3v) is 2.34. The molecule has 0 saturated carbocycles. The normalized spacial score (nSPS) is 9.75. The van der Waals surface area contributed by atoms with Crippen molar-refractivity contribution in [3.8, 4) is 0 Å². The van der Waals surface area contributed by atoms with Crippen LogP contribution in [0.2, 0.25) is 0 Å². The average molecular weight is 186 g/mol. The molecule has 1 heterocycles. The van der Waals surface area contributed by atoms with Crippen molar-refractivity contribution in [1.29, 1.82) is 0 Å². The second-order valence-corrected chi connectivity index (χ2v) is 3.32. The molecule has 0 fully saturated rings. The van der Waals surface area contributed by atoms with E-state index in [1.54, 1.807) is 11.3 Å². The Morgan fingerprint density at radius 3 is 3.00 bits per heavy atom. The summed E-state index contributed by atoms with van der Waals surface area (Å²) >= 11 is 1.59. The number of hydrogen-bond donors (Lipinski definition) is 2. The molecule has 1 aromatic rings. The molecule has 5 heteroatoms. The lowest BCUT2D eigenvalue weighted by Gasteiger charge is -2.09. The van der Waals surface area contributed by atoms with Crippen molar-refractivity contribution in [2.24, 2.45) is 5.73 Å². The van der Waals surface area contributed by atoms with E-state index in [0.717, 1.165) is 4.88 Å². The van der Waals surface area contributed by atoms with Gasteiger partial charge in [-0.3, -0.25) is 5.21 Å². The van der Waals surface area contributed by atoms with Gasteiger partial charge >= 0.3 is 6.03 Å². The van der Waals surface area contributed by atoms with Gasteiger partial charge in [-0.1, -0.05) is 6.07 Å². The molecule has 12 heavy (non-hydrogen) atoms. The van der Waals surface area contributed by atoms with Gasteiger partial charge in [-0.25, -0.2) is 9.86 Å². The van der Waals surface area contributed by atoms with Gasteiger partial charge in [0.15, 0.2) is 0 Å². The Bertz CT molecular complexity index is 248. The fourth-order valence-corrected chi connectivity index (χ4v) is 1.48. The molecule has 2 amide bonds. The van der Waals surface area contributed by atoms with E-state index in [-0.39, 0.29) is 6.54 Å². The van der Waals surface area contributed by atoms with E-state index in [4.69, 9.17) is 10.9 Å². The molecule has 4 nitrogen and oxygen atoms in total. The number of hydroxylamine groups is 2. The lowest BCUT2D eigenvalue weighted by Crippen LogP contribution is -2.34. The monoisotopic (exact) mass is 186 g/mol. The Hall–Kier alpha value is -1.07. The number of urea groups is 1. The second-order valence-electron chi connectivity index (χ2n) is 2.29. The van der Waals surface area contributed by atoms with Gasteiger partial charge < -0.3 is 5.73 Å². The summed E-state index contributed by atoms with van der Waals surface area (Å²) in [6.45, 7) is 0.246. The van der Waals surface area contributed by atoms with Crippen LogP contribution in [0.5, 0.6) is 0 Å². The second kappa shape index (κ2) is 4.08. The van der Waals surface area contributed by atoms with Crippen molar-refractivity contribution >= 4 is 17.4 Å². The van der Waals surface area contributed by atoms with Crippen LogP contribution in [0.3, 0.4) is 0 Å². The number of nitrogens with zero attached hydrogens (tertiary/aromatic N) is 1. The predicted molar refractivity (Wildman–Crippen MR) is 46.1 cm³/mol. The lowest BCUT2D eigenvalue weighted by molar-refractivity contribution is -0.0380. The highest BCUT2D eigenvalue weighted by Crippen LogP contribution is 2.08. The summed E-state index contributed by atoms with van der Waals surface area (Å²) in [7, 11) is 0. The van der Waals surface area contributed by atoms with Crippen molar-refractivity contribution in [3.63, 3.8) is 0 Å². The smallest absolute Gasteiger partial charge is 0.338 e. The van der Waals surface area contributed by atoms with E-state index < -0.39 is 6.03 Å². The van der Waals surface area contributed by atoms with Gasteiger partial charge in [0.2, 0.25) is 0 Å². The van der Waals surface area contributed by atoms with Crippen LogP contribution in [0.15, 0.2) is 17.5 Å². The largest absolute Gasteiger partial charge is 0.350 e. The number of carbonyl (C=O) groups excluding carboxylic acids is 1. The molecule has 1 aromatic heterocycles. The number of hydrogen-bond acceptors (Lipinski definition) is 3. The molecule has 0 atom stereocenters. The summed E-state index contributed by atoms with van der Waals surface area (Å²) in [6.07, 6.45) is 0.636. The summed E-state index contributed by atoms with van der Waals surface area (Å²) in [5.74, 6) is 0. The molecule has 0 bridgehead atoms. The fourth-order valence-electron chi connectivity index (χ4n) is 0.781. The molecule has 0 spiro atoms. The van der Waals surface area contributed by atoms with Gasteiger partial charge in [-0.2, -0.15) is 0 Å². The van der Waals surface area contributed by atoms with Crippen LogP contribution in [0.25, 0.3) is 0 Å². The van der Waals surface area contributed by atoms with Crippen LogP contribution < -0.4 is 5.73 Å². The van der Waals surface area contributed by atoms with Gasteiger partial charge in [0.25, 0.3) is 0 Å². The van der Waals surface area contributed by atoms with Gasteiger partial charge in [0.05, 0.1) is 6.54 Å². The summed E-state index contributed by atoms with van der Waals surface area (Å²) in [4.78, 5) is 11.5. The standard InChI is InChI=1S/C7H10N2O2S/c8-7(10)9(11)4-3-6-2-1-5-12-6/h1-2,5,11H,3-4H2,(H2,8,10). The zero-order valence-electron chi connectivity index (χ0n) is 6.43. The molecular weight excluding hydrogens is 176 g/mol. The Morgan fingerprint density at radius 2 is 2.50 bits per heavy atom. The third-order valence-electron chi connectivity index (χ3n) is 1.40. The van der Waals surface area contributed by atoms with Crippen molar-refractivity contribution < 1.29 is 10.0 Å². The first kappa shape index (κ1) is 9.02. The number of amides is 2. The molecule has 0 aliphatic heterocycles. The Labute approximate surface area is 74.2 Å². The van der Waals surface area contributed by atoms with Gasteiger partial charge in [-0.05, 0) is 11.4 Å². The first-order valence-corrected chi connectivity index (χ1v) is 4.36. The van der Waals surface area contributed by atoms with E-state index in [1.807, 2.05) is 17.5 Å². The fraction of sp³-hybridized carbons (Fsp3) is 0.286. The van der Waals surface area contributed by atoms with E-state index in [2.05, 4.69) is 0 Å². The Kier molecular flexibility index (Phi) is 3.07. The maximum Gasteiger partial charge on any atom is 0.338 e. The quantitative estimate of drug-likeness (QED) is 0.547. The minimum Gasteiger partial charge on any atom is -0.350 e. The molecule has 0 unspecified atom stereocenters. The number of primary amides is 1. The highest BCUT2D eigenvalue weighted by molar-refractivity contribution is 7.09. The molecule has 0 radical (unpaired) electrons. The first-order valence-electron chi connectivity index (χ1n) is 3.48. The maximum atomic E-state index is 10.4. The molecule has 0 saturated heterocycles. The molecule has 0 aliphatic rings. The number of rotatable bonds is 3. The number of nitrogens with two attached hydrogens (primary N) is 1. The first-order chi connectivity index (χ1) is 5.70. The average Bonchev–Trinajstić information content (AvgIpc) is 2.51. The predicted octanol–water partition coefficient (Wildman–Crippen LogP) is 1.06. The van der Waals surface area contributed by atoms with Crippen LogP contribution in [0, 0.1) is 0 Å². The Morgan fingerprint density at radius 1 is 1.75 bits per heavy atom.